The van der Waals surface area contributed by atoms with Crippen LogP contribution in [0.25, 0.3) is 0 Å². The predicted molar refractivity (Wildman–Crippen MR) is 102 cm³/mol. The molecular weight excluding hydrogens is 326 g/mol. The Morgan fingerprint density at radius 2 is 1.85 bits per heavy atom. The molecule has 7 heteroatoms. The number of nitrogens with one attached hydrogen (secondary N) is 1. The monoisotopic (exact) mass is 349 g/mol. The highest BCUT2D eigenvalue weighted by molar-refractivity contribution is 5.59. The molecule has 134 valence electrons. The lowest BCUT2D eigenvalue weighted by Gasteiger charge is -2.32. The highest BCUT2D eigenvalue weighted by Gasteiger charge is 2.25. The zero-order chi connectivity index (χ0) is 17.9. The van der Waals surface area contributed by atoms with E-state index in [0.29, 0.717) is 5.92 Å². The van der Waals surface area contributed by atoms with Crippen molar-refractivity contribution < 1.29 is 0 Å². The Labute approximate surface area is 153 Å². The third kappa shape index (κ3) is 3.51. The van der Waals surface area contributed by atoms with Crippen LogP contribution in [0.1, 0.15) is 30.4 Å². The minimum Gasteiger partial charge on any atom is -0.356 e. The highest BCUT2D eigenvalue weighted by Crippen LogP contribution is 2.29. The van der Waals surface area contributed by atoms with Crippen LogP contribution >= 0.6 is 0 Å². The Kier molecular flexibility index (Phi) is 4.51. The van der Waals surface area contributed by atoms with Gasteiger partial charge in [0.15, 0.2) is 0 Å². The summed E-state index contributed by atoms with van der Waals surface area (Å²) in [5.74, 6) is 4.12. The number of nitrogens with zero attached hydrogens (tertiary/aromatic N) is 6. The summed E-state index contributed by atoms with van der Waals surface area (Å²) in [6.45, 7) is 3.85. The summed E-state index contributed by atoms with van der Waals surface area (Å²) in [4.78, 5) is 11.5. The fraction of sp³-hybridized carbons (Fsp3) is 0.368. The van der Waals surface area contributed by atoms with Crippen molar-refractivity contribution in [3.05, 3.63) is 54.4 Å². The average Bonchev–Trinajstić information content (AvgIpc) is 3.08. The highest BCUT2D eigenvalue weighted by atomic mass is 15.3. The first-order valence-electron chi connectivity index (χ1n) is 8.95. The SMILES string of the molecule is Cc1nc(Nc2ccccc2)cc(N2CCC(c3nncn3C)CC2)n1. The fourth-order valence-electron chi connectivity index (χ4n) is 3.48. The molecule has 0 amide bonds. The number of para-hydroxylation sites is 1. The summed E-state index contributed by atoms with van der Waals surface area (Å²) in [5, 5.41) is 11.6. The lowest BCUT2D eigenvalue weighted by Crippen LogP contribution is -2.34. The number of aryl methyl sites for hydroxylation is 2. The zero-order valence-corrected chi connectivity index (χ0v) is 15.1. The van der Waals surface area contributed by atoms with Gasteiger partial charge >= 0.3 is 0 Å². The maximum Gasteiger partial charge on any atom is 0.136 e. The van der Waals surface area contributed by atoms with Gasteiger partial charge in [0.2, 0.25) is 0 Å². The molecule has 26 heavy (non-hydrogen) atoms. The Morgan fingerprint density at radius 3 is 2.54 bits per heavy atom. The van der Waals surface area contributed by atoms with Gasteiger partial charge in [0.05, 0.1) is 0 Å². The second-order valence-electron chi connectivity index (χ2n) is 6.71. The van der Waals surface area contributed by atoms with Gasteiger partial charge in [-0.2, -0.15) is 0 Å². The molecule has 1 N–H and O–H groups in total. The zero-order valence-electron chi connectivity index (χ0n) is 15.1. The molecule has 0 bridgehead atoms. The van der Waals surface area contributed by atoms with Crippen LogP contribution < -0.4 is 10.2 Å². The van der Waals surface area contributed by atoms with Gasteiger partial charge in [-0.05, 0) is 31.9 Å². The van der Waals surface area contributed by atoms with E-state index in [4.69, 9.17) is 0 Å². The van der Waals surface area contributed by atoms with Crippen LogP contribution in [0, 0.1) is 6.92 Å². The van der Waals surface area contributed by atoms with Crippen molar-refractivity contribution in [3.8, 4) is 0 Å². The lowest BCUT2D eigenvalue weighted by molar-refractivity contribution is 0.472. The van der Waals surface area contributed by atoms with Crippen molar-refractivity contribution in [2.75, 3.05) is 23.3 Å². The first kappa shape index (κ1) is 16.5. The van der Waals surface area contributed by atoms with Crippen molar-refractivity contribution in [2.45, 2.75) is 25.7 Å². The molecule has 1 aromatic carbocycles. The summed E-state index contributed by atoms with van der Waals surface area (Å²) >= 11 is 0. The van der Waals surface area contributed by atoms with Crippen LogP contribution in [-0.2, 0) is 7.05 Å². The number of hydrogen-bond acceptors (Lipinski definition) is 6. The van der Waals surface area contributed by atoms with E-state index in [1.54, 1.807) is 6.33 Å². The van der Waals surface area contributed by atoms with Crippen molar-refractivity contribution >= 4 is 17.3 Å². The molecule has 1 fully saturated rings. The second-order valence-corrected chi connectivity index (χ2v) is 6.71. The summed E-state index contributed by atoms with van der Waals surface area (Å²) in [5.41, 5.74) is 1.03. The average molecular weight is 349 g/mol. The summed E-state index contributed by atoms with van der Waals surface area (Å²) < 4.78 is 2.02. The number of rotatable bonds is 4. The van der Waals surface area contributed by atoms with E-state index >= 15 is 0 Å². The van der Waals surface area contributed by atoms with Crippen LogP contribution in [0.4, 0.5) is 17.3 Å². The van der Waals surface area contributed by atoms with Crippen molar-refractivity contribution in [1.82, 2.24) is 24.7 Å². The van der Waals surface area contributed by atoms with E-state index in [1.807, 2.05) is 54.9 Å². The van der Waals surface area contributed by atoms with E-state index in [2.05, 4.69) is 30.4 Å². The van der Waals surface area contributed by atoms with Gasteiger partial charge in [-0.25, -0.2) is 9.97 Å². The molecule has 1 aliphatic heterocycles. The maximum absolute atomic E-state index is 4.65. The van der Waals surface area contributed by atoms with Gasteiger partial charge in [-0.15, -0.1) is 10.2 Å². The van der Waals surface area contributed by atoms with Crippen LogP contribution in [-0.4, -0.2) is 37.8 Å². The van der Waals surface area contributed by atoms with Crippen LogP contribution in [0.3, 0.4) is 0 Å². The van der Waals surface area contributed by atoms with E-state index < -0.39 is 0 Å². The Bertz CT molecular complexity index is 867. The van der Waals surface area contributed by atoms with E-state index in [9.17, 15) is 0 Å². The van der Waals surface area contributed by atoms with Gasteiger partial charge in [0.25, 0.3) is 0 Å². The van der Waals surface area contributed by atoms with Gasteiger partial charge in [-0.1, -0.05) is 18.2 Å². The molecule has 3 aromatic rings. The first-order valence-corrected chi connectivity index (χ1v) is 8.95. The molecule has 4 rings (SSSR count). The molecule has 0 unspecified atom stereocenters. The fourth-order valence-corrected chi connectivity index (χ4v) is 3.48. The molecule has 0 aliphatic carbocycles. The number of anilines is 3. The Hall–Kier alpha value is -2.96. The van der Waals surface area contributed by atoms with Crippen molar-refractivity contribution in [3.63, 3.8) is 0 Å². The smallest absolute Gasteiger partial charge is 0.136 e. The Balaban J connectivity index is 1.47. The first-order chi connectivity index (χ1) is 12.7. The molecule has 2 aromatic heterocycles. The molecule has 0 atom stereocenters. The standard InChI is InChI=1S/C19H23N7/c1-14-21-17(23-16-6-4-3-5-7-16)12-18(22-14)26-10-8-15(9-11-26)19-24-20-13-25(19)2/h3-7,12-13,15H,8-11H2,1-2H3,(H,21,22,23). The number of benzene rings is 1. The Morgan fingerprint density at radius 1 is 1.08 bits per heavy atom. The molecule has 0 saturated carbocycles. The normalized spacial score (nSPS) is 15.2. The van der Waals surface area contributed by atoms with Crippen LogP contribution in [0.5, 0.6) is 0 Å². The summed E-state index contributed by atoms with van der Waals surface area (Å²) in [6, 6.07) is 12.1. The largest absolute Gasteiger partial charge is 0.356 e. The third-order valence-corrected chi connectivity index (χ3v) is 4.80. The molecule has 0 spiro atoms. The van der Waals surface area contributed by atoms with Gasteiger partial charge in [0, 0.05) is 37.8 Å². The van der Waals surface area contributed by atoms with Gasteiger partial charge in [0.1, 0.15) is 29.6 Å². The van der Waals surface area contributed by atoms with Crippen LogP contribution in [0.2, 0.25) is 0 Å². The predicted octanol–water partition coefficient (Wildman–Crippen LogP) is 3.04. The number of aromatic nitrogens is 5. The molecule has 1 aliphatic rings. The summed E-state index contributed by atoms with van der Waals surface area (Å²) in [6.07, 6.45) is 3.88. The van der Waals surface area contributed by atoms with Gasteiger partial charge < -0.3 is 14.8 Å². The van der Waals surface area contributed by atoms with Gasteiger partial charge in [-0.3, -0.25) is 0 Å². The quantitative estimate of drug-likeness (QED) is 0.780. The topological polar surface area (TPSA) is 71.8 Å². The van der Waals surface area contributed by atoms with Crippen molar-refractivity contribution in [1.29, 1.82) is 0 Å². The van der Waals surface area contributed by atoms with E-state index in [0.717, 1.165) is 54.9 Å². The minimum atomic E-state index is 0.462. The molecule has 3 heterocycles. The van der Waals surface area contributed by atoms with Crippen molar-refractivity contribution in [2.24, 2.45) is 7.05 Å². The summed E-state index contributed by atoms with van der Waals surface area (Å²) in [7, 11) is 2.01. The molecule has 7 nitrogen and oxygen atoms in total. The molecule has 1 saturated heterocycles. The second kappa shape index (κ2) is 7.11. The third-order valence-electron chi connectivity index (χ3n) is 4.80. The minimum absolute atomic E-state index is 0.462. The molecular formula is C19H23N7. The maximum atomic E-state index is 4.65. The van der Waals surface area contributed by atoms with Crippen LogP contribution in [0.15, 0.2) is 42.7 Å². The van der Waals surface area contributed by atoms with E-state index in [1.165, 1.54) is 0 Å². The number of piperidine rings is 1. The molecule has 0 radical (unpaired) electrons. The lowest BCUT2D eigenvalue weighted by atomic mass is 9.96. The van der Waals surface area contributed by atoms with E-state index in [-0.39, 0.29) is 0 Å². The number of hydrogen-bond donors (Lipinski definition) is 1.